The fourth-order valence-electron chi connectivity index (χ4n) is 1.36. The quantitative estimate of drug-likeness (QED) is 0.422. The maximum atomic E-state index is 10.8. The van der Waals surface area contributed by atoms with E-state index in [2.05, 4.69) is 25.5 Å². The molecule has 0 fully saturated rings. The van der Waals surface area contributed by atoms with Crippen LogP contribution in [0, 0.1) is 10.1 Å². The first-order valence-electron chi connectivity index (χ1n) is 5.62. The van der Waals surface area contributed by atoms with Gasteiger partial charge in [-0.3, -0.25) is 10.1 Å². The van der Waals surface area contributed by atoms with Gasteiger partial charge in [-0.1, -0.05) is 0 Å². The Morgan fingerprint density at radius 1 is 1.50 bits per heavy atom. The Morgan fingerprint density at radius 2 is 2.22 bits per heavy atom. The Morgan fingerprint density at radius 3 is 2.78 bits per heavy atom. The van der Waals surface area contributed by atoms with E-state index in [1.807, 2.05) is 14.1 Å². The summed E-state index contributed by atoms with van der Waals surface area (Å²) in [4.78, 5) is 20.2. The van der Waals surface area contributed by atoms with Gasteiger partial charge in [0.15, 0.2) is 0 Å². The summed E-state index contributed by atoms with van der Waals surface area (Å²) in [5.74, 6) is 0.605. The highest BCUT2D eigenvalue weighted by Crippen LogP contribution is 2.21. The van der Waals surface area contributed by atoms with Crippen LogP contribution in [0.25, 0.3) is 0 Å². The molecule has 18 heavy (non-hydrogen) atoms. The number of nitro groups is 1. The van der Waals surface area contributed by atoms with Crippen molar-refractivity contribution < 1.29 is 4.92 Å². The van der Waals surface area contributed by atoms with Crippen LogP contribution < -0.4 is 10.6 Å². The average Bonchev–Trinajstić information content (AvgIpc) is 2.33. The number of nitrogens with one attached hydrogen (secondary N) is 2. The second-order valence-electron chi connectivity index (χ2n) is 4.02. The Hall–Kier alpha value is -1.96. The highest BCUT2D eigenvalue weighted by Gasteiger charge is 2.16. The van der Waals surface area contributed by atoms with Crippen LogP contribution >= 0.6 is 0 Å². The summed E-state index contributed by atoms with van der Waals surface area (Å²) >= 11 is 0. The summed E-state index contributed by atoms with van der Waals surface area (Å²) in [7, 11) is 5.62. The van der Waals surface area contributed by atoms with Crippen LogP contribution in [-0.4, -0.2) is 54.0 Å². The summed E-state index contributed by atoms with van der Waals surface area (Å²) in [6.45, 7) is 1.53. The van der Waals surface area contributed by atoms with Crippen LogP contribution in [-0.2, 0) is 0 Å². The van der Waals surface area contributed by atoms with Gasteiger partial charge in [0.1, 0.15) is 6.20 Å². The SMILES string of the molecule is CNc1ncc([N+](=O)[O-])c(NCCCN(C)C)n1. The zero-order chi connectivity index (χ0) is 13.5. The molecule has 1 rings (SSSR count). The molecule has 8 nitrogen and oxygen atoms in total. The van der Waals surface area contributed by atoms with Gasteiger partial charge in [0, 0.05) is 13.6 Å². The van der Waals surface area contributed by atoms with Crippen molar-refractivity contribution in [2.45, 2.75) is 6.42 Å². The molecule has 2 N–H and O–H groups in total. The molecule has 0 radical (unpaired) electrons. The van der Waals surface area contributed by atoms with Crippen LogP contribution in [0.2, 0.25) is 0 Å². The number of aromatic nitrogens is 2. The summed E-state index contributed by atoms with van der Waals surface area (Å²) in [5, 5.41) is 16.5. The van der Waals surface area contributed by atoms with Crippen molar-refractivity contribution in [3.8, 4) is 0 Å². The number of nitrogens with zero attached hydrogens (tertiary/aromatic N) is 4. The standard InChI is InChI=1S/C10H18N6O2/c1-11-10-13-7-8(16(17)18)9(14-10)12-5-4-6-15(2)3/h7H,4-6H2,1-3H3,(H2,11,12,13,14). The lowest BCUT2D eigenvalue weighted by Crippen LogP contribution is -2.17. The van der Waals surface area contributed by atoms with Gasteiger partial charge in [-0.25, -0.2) is 4.98 Å². The number of hydrogen-bond donors (Lipinski definition) is 2. The fraction of sp³-hybridized carbons (Fsp3) is 0.600. The summed E-state index contributed by atoms with van der Waals surface area (Å²) in [5.41, 5.74) is -0.112. The Bertz CT molecular complexity index is 409. The molecule has 0 unspecified atom stereocenters. The van der Waals surface area contributed by atoms with Gasteiger partial charge in [0.25, 0.3) is 0 Å². The average molecular weight is 254 g/mol. The van der Waals surface area contributed by atoms with Gasteiger partial charge in [0.2, 0.25) is 11.8 Å². The van der Waals surface area contributed by atoms with E-state index in [4.69, 9.17) is 0 Å². The van der Waals surface area contributed by atoms with Crippen LogP contribution in [0.4, 0.5) is 17.5 Å². The fourth-order valence-corrected chi connectivity index (χ4v) is 1.36. The highest BCUT2D eigenvalue weighted by molar-refractivity contribution is 5.56. The van der Waals surface area contributed by atoms with E-state index >= 15 is 0 Å². The van der Waals surface area contributed by atoms with Gasteiger partial charge in [-0.05, 0) is 27.1 Å². The van der Waals surface area contributed by atoms with E-state index < -0.39 is 4.92 Å². The molecule has 0 spiro atoms. The molecule has 1 heterocycles. The van der Waals surface area contributed by atoms with E-state index in [1.165, 1.54) is 6.20 Å². The molecule has 0 saturated carbocycles. The van der Waals surface area contributed by atoms with E-state index in [0.717, 1.165) is 13.0 Å². The zero-order valence-corrected chi connectivity index (χ0v) is 10.8. The van der Waals surface area contributed by atoms with Crippen molar-refractivity contribution in [2.75, 3.05) is 44.9 Å². The summed E-state index contributed by atoms with van der Waals surface area (Å²) in [6.07, 6.45) is 2.08. The predicted octanol–water partition coefficient (Wildman–Crippen LogP) is 0.790. The van der Waals surface area contributed by atoms with Crippen molar-refractivity contribution in [1.29, 1.82) is 0 Å². The maximum absolute atomic E-state index is 10.8. The maximum Gasteiger partial charge on any atom is 0.329 e. The number of hydrogen-bond acceptors (Lipinski definition) is 7. The van der Waals surface area contributed by atoms with E-state index in [9.17, 15) is 10.1 Å². The zero-order valence-electron chi connectivity index (χ0n) is 10.8. The lowest BCUT2D eigenvalue weighted by atomic mass is 10.4. The van der Waals surface area contributed by atoms with Crippen molar-refractivity contribution in [2.24, 2.45) is 0 Å². The molecule has 0 atom stereocenters. The minimum atomic E-state index is -0.492. The predicted molar refractivity (Wildman–Crippen MR) is 69.9 cm³/mol. The van der Waals surface area contributed by atoms with Crippen molar-refractivity contribution in [1.82, 2.24) is 14.9 Å². The summed E-state index contributed by atoms with van der Waals surface area (Å²) in [6, 6.07) is 0. The molecular weight excluding hydrogens is 236 g/mol. The third kappa shape index (κ3) is 4.13. The molecule has 1 aromatic rings. The second kappa shape index (κ2) is 6.70. The number of rotatable bonds is 7. The molecule has 0 aliphatic carbocycles. The lowest BCUT2D eigenvalue weighted by molar-refractivity contribution is -0.384. The van der Waals surface area contributed by atoms with Gasteiger partial charge in [-0.15, -0.1) is 0 Å². The van der Waals surface area contributed by atoms with Crippen molar-refractivity contribution in [3.05, 3.63) is 16.3 Å². The second-order valence-corrected chi connectivity index (χ2v) is 4.02. The van der Waals surface area contributed by atoms with E-state index in [-0.39, 0.29) is 11.5 Å². The van der Waals surface area contributed by atoms with Crippen molar-refractivity contribution in [3.63, 3.8) is 0 Å². The minimum absolute atomic E-state index is 0.112. The molecule has 0 aromatic carbocycles. The monoisotopic (exact) mass is 254 g/mol. The first kappa shape index (κ1) is 14.1. The Kier molecular flexibility index (Phi) is 5.25. The first-order valence-corrected chi connectivity index (χ1v) is 5.62. The largest absolute Gasteiger partial charge is 0.364 e. The van der Waals surface area contributed by atoms with Gasteiger partial charge >= 0.3 is 5.69 Å². The smallest absolute Gasteiger partial charge is 0.329 e. The van der Waals surface area contributed by atoms with Gasteiger partial charge < -0.3 is 15.5 Å². The van der Waals surface area contributed by atoms with E-state index in [0.29, 0.717) is 12.5 Å². The van der Waals surface area contributed by atoms with Crippen LogP contribution in [0.1, 0.15) is 6.42 Å². The van der Waals surface area contributed by atoms with Gasteiger partial charge in [-0.2, -0.15) is 4.98 Å². The van der Waals surface area contributed by atoms with Crippen molar-refractivity contribution >= 4 is 17.5 Å². The molecule has 8 heteroatoms. The lowest BCUT2D eigenvalue weighted by Gasteiger charge is -2.10. The van der Waals surface area contributed by atoms with E-state index in [1.54, 1.807) is 7.05 Å². The van der Waals surface area contributed by atoms with Crippen LogP contribution in [0.15, 0.2) is 6.20 Å². The number of anilines is 2. The Balaban J connectivity index is 2.69. The highest BCUT2D eigenvalue weighted by atomic mass is 16.6. The van der Waals surface area contributed by atoms with Gasteiger partial charge in [0.05, 0.1) is 4.92 Å². The molecule has 0 saturated heterocycles. The molecule has 0 aliphatic heterocycles. The topological polar surface area (TPSA) is 96.2 Å². The Labute approximate surface area is 106 Å². The normalized spacial score (nSPS) is 10.4. The molecular formula is C10H18N6O2. The minimum Gasteiger partial charge on any atom is -0.364 e. The molecule has 0 amide bonds. The molecule has 0 aliphatic rings. The van der Waals surface area contributed by atoms with Crippen LogP contribution in [0.5, 0.6) is 0 Å². The molecule has 1 aromatic heterocycles. The molecule has 100 valence electrons. The van der Waals surface area contributed by atoms with Crippen LogP contribution in [0.3, 0.4) is 0 Å². The third-order valence-electron chi connectivity index (χ3n) is 2.26. The summed E-state index contributed by atoms with van der Waals surface area (Å²) < 4.78 is 0. The first-order chi connectivity index (χ1) is 8.54. The molecule has 0 bridgehead atoms. The third-order valence-corrected chi connectivity index (χ3v) is 2.26.